The number of hydrogen-bond donors (Lipinski definition) is 3. The molecule has 196 valence electrons. The molecule has 0 bridgehead atoms. The van der Waals surface area contributed by atoms with Crippen LogP contribution in [0.15, 0.2) is 23.0 Å². The van der Waals surface area contributed by atoms with Crippen LogP contribution < -0.4 is 20.3 Å². The van der Waals surface area contributed by atoms with Crippen LogP contribution >= 0.6 is 0 Å². The minimum atomic E-state index is -1.93. The van der Waals surface area contributed by atoms with E-state index in [0.717, 1.165) is 29.4 Å². The maximum Gasteiger partial charge on any atom is 0.343 e. The number of aromatic nitrogens is 2. The predicted molar refractivity (Wildman–Crippen MR) is 131 cm³/mol. The van der Waals surface area contributed by atoms with Gasteiger partial charge in [0.25, 0.3) is 5.56 Å². The molecule has 7 rings (SSSR count). The molecule has 0 radical (unpaired) electrons. The average molecular weight is 520 g/mol. The van der Waals surface area contributed by atoms with Gasteiger partial charge in [0.05, 0.1) is 29.0 Å². The Balaban J connectivity index is 1.40. The molecular formula is C27H25N3O8. The second-order valence-corrected chi connectivity index (χ2v) is 10.2. The molecule has 2 atom stereocenters. The predicted octanol–water partition coefficient (Wildman–Crippen LogP) is 1.20. The van der Waals surface area contributed by atoms with Crippen LogP contribution in [0.2, 0.25) is 0 Å². The summed E-state index contributed by atoms with van der Waals surface area (Å²) in [6, 6.07) is 5.21. The monoisotopic (exact) mass is 519 g/mol. The van der Waals surface area contributed by atoms with E-state index in [9.17, 15) is 24.6 Å². The molecule has 0 spiro atoms. The lowest BCUT2D eigenvalue weighted by Gasteiger charge is -2.31. The largest absolute Gasteiger partial charge is 0.458 e. The zero-order chi connectivity index (χ0) is 26.3. The number of rotatable bonds is 5. The standard InChI is InChI=1S/C27H25N3O8/c1-2-27(35)17-6-19-22-15(9-30(19)25(33)16(17)10-36-26(27)34)14(8-28-24(32)23(31)12-3-4-12)13-5-20-21(38-11-37-20)7-18(13)29-22/h5-7,12,23,31,35H,2-4,8-11H2,1H3,(H,28,32)/t23-,27+/m1/s1. The minimum absolute atomic E-state index is 0.0138. The van der Waals surface area contributed by atoms with E-state index in [1.165, 1.54) is 0 Å². The third-order valence-electron chi connectivity index (χ3n) is 8.08. The molecule has 2 aromatic heterocycles. The van der Waals surface area contributed by atoms with E-state index < -0.39 is 23.6 Å². The van der Waals surface area contributed by atoms with Gasteiger partial charge in [-0.3, -0.25) is 9.59 Å². The highest BCUT2D eigenvalue weighted by atomic mass is 16.7. The van der Waals surface area contributed by atoms with Gasteiger partial charge in [0.1, 0.15) is 12.7 Å². The van der Waals surface area contributed by atoms with Crippen molar-refractivity contribution in [2.45, 2.75) is 57.6 Å². The molecule has 3 aliphatic heterocycles. The van der Waals surface area contributed by atoms with Gasteiger partial charge in [0.15, 0.2) is 17.1 Å². The van der Waals surface area contributed by atoms with E-state index in [2.05, 4.69) is 5.32 Å². The summed E-state index contributed by atoms with van der Waals surface area (Å²) in [6.45, 7) is 1.81. The number of benzene rings is 1. The van der Waals surface area contributed by atoms with E-state index in [0.29, 0.717) is 28.4 Å². The second kappa shape index (κ2) is 8.02. The Labute approximate surface area is 216 Å². The molecular weight excluding hydrogens is 494 g/mol. The number of nitrogens with zero attached hydrogens (tertiary/aromatic N) is 2. The number of fused-ring (bicyclic) bond motifs is 6. The van der Waals surface area contributed by atoms with Crippen LogP contribution in [0.25, 0.3) is 22.3 Å². The number of carbonyl (C=O) groups excluding carboxylic acids is 2. The van der Waals surface area contributed by atoms with E-state index in [1.54, 1.807) is 23.6 Å². The number of esters is 1. The summed E-state index contributed by atoms with van der Waals surface area (Å²) < 4.78 is 17.8. The van der Waals surface area contributed by atoms with Gasteiger partial charge in [0, 0.05) is 29.1 Å². The quantitative estimate of drug-likeness (QED) is 0.331. The molecule has 1 amide bonds. The molecule has 1 fully saturated rings. The maximum atomic E-state index is 13.6. The highest BCUT2D eigenvalue weighted by Gasteiger charge is 2.45. The number of ether oxygens (including phenoxy) is 3. The van der Waals surface area contributed by atoms with Crippen LogP contribution in [0.3, 0.4) is 0 Å². The highest BCUT2D eigenvalue weighted by molar-refractivity contribution is 5.92. The summed E-state index contributed by atoms with van der Waals surface area (Å²) in [5.74, 6) is -0.157. The van der Waals surface area contributed by atoms with Gasteiger partial charge >= 0.3 is 5.97 Å². The molecule has 1 aliphatic carbocycles. The van der Waals surface area contributed by atoms with Gasteiger partial charge in [-0.1, -0.05) is 6.92 Å². The summed E-state index contributed by atoms with van der Waals surface area (Å²) in [5, 5.41) is 25.0. The van der Waals surface area contributed by atoms with Crippen LogP contribution in [0.4, 0.5) is 0 Å². The number of aliphatic hydroxyl groups is 2. The molecule has 11 nitrogen and oxygen atoms in total. The van der Waals surface area contributed by atoms with Crippen LogP contribution in [-0.4, -0.2) is 44.5 Å². The summed E-state index contributed by atoms with van der Waals surface area (Å²) >= 11 is 0. The molecule has 11 heteroatoms. The Morgan fingerprint density at radius 1 is 1.18 bits per heavy atom. The Kier molecular flexibility index (Phi) is 4.89. The lowest BCUT2D eigenvalue weighted by molar-refractivity contribution is -0.172. The van der Waals surface area contributed by atoms with Crippen molar-refractivity contribution in [1.82, 2.24) is 14.9 Å². The lowest BCUT2D eigenvalue weighted by atomic mass is 9.86. The SMILES string of the molecule is CC[C@@]1(O)C(=O)OCc2c1cc1n(c2=O)Cc2c-1nc1cc3c(cc1c2CNC(=O)[C@H](O)C1CC1)OCO3. The zero-order valence-electron chi connectivity index (χ0n) is 20.6. The average Bonchev–Trinajstić information content (AvgIpc) is 3.56. The second-order valence-electron chi connectivity index (χ2n) is 10.2. The first-order valence-corrected chi connectivity index (χ1v) is 12.7. The summed E-state index contributed by atoms with van der Waals surface area (Å²) in [4.78, 5) is 43.6. The summed E-state index contributed by atoms with van der Waals surface area (Å²) in [7, 11) is 0. The van der Waals surface area contributed by atoms with Gasteiger partial charge in [-0.15, -0.1) is 0 Å². The number of pyridine rings is 2. The van der Waals surface area contributed by atoms with Gasteiger partial charge < -0.3 is 34.3 Å². The molecule has 1 aromatic carbocycles. The van der Waals surface area contributed by atoms with Crippen molar-refractivity contribution in [1.29, 1.82) is 0 Å². The van der Waals surface area contributed by atoms with Crippen molar-refractivity contribution in [2.75, 3.05) is 6.79 Å². The van der Waals surface area contributed by atoms with Crippen molar-refractivity contribution in [3.8, 4) is 22.9 Å². The fraction of sp³-hybridized carbons (Fsp3) is 0.407. The first-order chi connectivity index (χ1) is 18.3. The van der Waals surface area contributed by atoms with Crippen molar-refractivity contribution in [3.63, 3.8) is 0 Å². The molecule has 38 heavy (non-hydrogen) atoms. The first kappa shape index (κ1) is 23.2. The van der Waals surface area contributed by atoms with Crippen LogP contribution in [0, 0.1) is 5.92 Å². The van der Waals surface area contributed by atoms with Crippen LogP contribution in [-0.2, 0) is 39.6 Å². The van der Waals surface area contributed by atoms with Gasteiger partial charge in [-0.2, -0.15) is 0 Å². The zero-order valence-corrected chi connectivity index (χ0v) is 20.6. The Morgan fingerprint density at radius 3 is 2.68 bits per heavy atom. The highest BCUT2D eigenvalue weighted by Crippen LogP contribution is 2.43. The fourth-order valence-electron chi connectivity index (χ4n) is 5.66. The normalized spacial score (nSPS) is 21.5. The topological polar surface area (TPSA) is 149 Å². The van der Waals surface area contributed by atoms with Gasteiger partial charge in [-0.25, -0.2) is 9.78 Å². The molecule has 0 unspecified atom stereocenters. The van der Waals surface area contributed by atoms with E-state index >= 15 is 0 Å². The van der Waals surface area contributed by atoms with E-state index in [-0.39, 0.29) is 55.5 Å². The van der Waals surface area contributed by atoms with Crippen LogP contribution in [0.5, 0.6) is 11.5 Å². The van der Waals surface area contributed by atoms with Crippen molar-refractivity contribution < 1.29 is 34.0 Å². The molecule has 5 heterocycles. The third kappa shape index (κ3) is 3.21. The Morgan fingerprint density at radius 2 is 1.95 bits per heavy atom. The van der Waals surface area contributed by atoms with Crippen molar-refractivity contribution in [3.05, 3.63) is 50.8 Å². The molecule has 4 aliphatic rings. The summed E-state index contributed by atoms with van der Waals surface area (Å²) in [6.07, 6.45) is 0.632. The number of cyclic esters (lactones) is 1. The third-order valence-corrected chi connectivity index (χ3v) is 8.08. The van der Waals surface area contributed by atoms with Gasteiger partial charge in [-0.05, 0) is 42.9 Å². The number of amides is 1. The van der Waals surface area contributed by atoms with E-state index in [1.807, 2.05) is 6.07 Å². The Bertz CT molecular complexity index is 1630. The van der Waals surface area contributed by atoms with E-state index in [4.69, 9.17) is 19.2 Å². The molecule has 1 saturated carbocycles. The van der Waals surface area contributed by atoms with Crippen molar-refractivity contribution in [2.24, 2.45) is 5.92 Å². The summed E-state index contributed by atoms with van der Waals surface area (Å²) in [5.41, 5.74) is 1.19. The lowest BCUT2D eigenvalue weighted by Crippen LogP contribution is -2.44. The number of hydrogen-bond acceptors (Lipinski definition) is 9. The first-order valence-electron chi connectivity index (χ1n) is 12.7. The number of aliphatic hydroxyl groups excluding tert-OH is 1. The van der Waals surface area contributed by atoms with Crippen molar-refractivity contribution >= 4 is 22.8 Å². The fourth-order valence-corrected chi connectivity index (χ4v) is 5.66. The molecule has 0 saturated heterocycles. The maximum absolute atomic E-state index is 13.6. The minimum Gasteiger partial charge on any atom is -0.458 e. The van der Waals surface area contributed by atoms with Crippen LogP contribution in [0.1, 0.15) is 48.4 Å². The number of carbonyl (C=O) groups is 2. The smallest absolute Gasteiger partial charge is 0.343 e. The molecule has 3 N–H and O–H groups in total. The molecule has 3 aromatic rings. The Hall–Kier alpha value is -3.96. The van der Waals surface area contributed by atoms with Gasteiger partial charge in [0.2, 0.25) is 12.7 Å². The number of nitrogens with one attached hydrogen (secondary N) is 1.